The number of carbonyl (C=O) groups excluding carboxylic acids is 2. The standard InChI is InChI=1S/C24H36O4/c1-7-22(4)11-10-20-18(12-22)8-9-21-23(5,15-27-16(2)25)13-19(28-17(3)26)14-24(20,21)6/h7-8,19-21H,1,9-15H2,2-6H3/t19-,20-,21-,22-,23+,24-/m0/s1. The van der Waals surface area contributed by atoms with Crippen LogP contribution in [0.3, 0.4) is 0 Å². The van der Waals surface area contributed by atoms with Crippen molar-refractivity contribution in [2.75, 3.05) is 6.61 Å². The summed E-state index contributed by atoms with van der Waals surface area (Å²) in [5.74, 6) is 0.433. The van der Waals surface area contributed by atoms with Gasteiger partial charge in [0, 0.05) is 19.3 Å². The first-order chi connectivity index (χ1) is 13.0. The highest BCUT2D eigenvalue weighted by atomic mass is 16.5. The fourth-order valence-corrected chi connectivity index (χ4v) is 6.59. The summed E-state index contributed by atoms with van der Waals surface area (Å²) in [6.07, 6.45) is 10.4. The summed E-state index contributed by atoms with van der Waals surface area (Å²) in [7, 11) is 0. The van der Waals surface area contributed by atoms with Crippen molar-refractivity contribution in [3.63, 3.8) is 0 Å². The van der Waals surface area contributed by atoms with Gasteiger partial charge in [-0.25, -0.2) is 0 Å². The van der Waals surface area contributed by atoms with Crippen LogP contribution < -0.4 is 0 Å². The molecular weight excluding hydrogens is 352 g/mol. The number of hydrogen-bond donors (Lipinski definition) is 0. The summed E-state index contributed by atoms with van der Waals surface area (Å²) in [5.41, 5.74) is 1.57. The molecule has 3 aliphatic carbocycles. The normalized spacial score (nSPS) is 42.5. The molecule has 4 heteroatoms. The number of ether oxygens (including phenoxy) is 2. The van der Waals surface area contributed by atoms with E-state index in [0.29, 0.717) is 18.4 Å². The summed E-state index contributed by atoms with van der Waals surface area (Å²) < 4.78 is 11.2. The molecule has 0 unspecified atom stereocenters. The highest BCUT2D eigenvalue weighted by Gasteiger charge is 2.58. The van der Waals surface area contributed by atoms with E-state index in [0.717, 1.165) is 38.5 Å². The van der Waals surface area contributed by atoms with E-state index in [1.54, 1.807) is 5.57 Å². The van der Waals surface area contributed by atoms with Crippen LogP contribution in [0.1, 0.15) is 73.1 Å². The Morgan fingerprint density at radius 1 is 1.21 bits per heavy atom. The van der Waals surface area contributed by atoms with Gasteiger partial charge in [-0.3, -0.25) is 9.59 Å². The molecule has 4 nitrogen and oxygen atoms in total. The molecule has 0 saturated heterocycles. The van der Waals surface area contributed by atoms with E-state index >= 15 is 0 Å². The lowest BCUT2D eigenvalue weighted by Crippen LogP contribution is -2.56. The van der Waals surface area contributed by atoms with Crippen molar-refractivity contribution in [1.82, 2.24) is 0 Å². The molecule has 0 aromatic carbocycles. The van der Waals surface area contributed by atoms with Crippen molar-refractivity contribution in [2.24, 2.45) is 28.1 Å². The van der Waals surface area contributed by atoms with E-state index in [-0.39, 0.29) is 34.3 Å². The Balaban J connectivity index is 1.95. The van der Waals surface area contributed by atoms with Crippen LogP contribution in [-0.4, -0.2) is 24.6 Å². The van der Waals surface area contributed by atoms with Gasteiger partial charge in [0.1, 0.15) is 6.10 Å². The van der Waals surface area contributed by atoms with Crippen molar-refractivity contribution >= 4 is 11.9 Å². The van der Waals surface area contributed by atoms with E-state index in [4.69, 9.17) is 9.47 Å². The molecule has 0 aromatic heterocycles. The van der Waals surface area contributed by atoms with Crippen LogP contribution in [0.4, 0.5) is 0 Å². The zero-order valence-electron chi connectivity index (χ0n) is 18.2. The number of hydrogen-bond acceptors (Lipinski definition) is 4. The predicted molar refractivity (Wildman–Crippen MR) is 109 cm³/mol. The van der Waals surface area contributed by atoms with E-state index in [9.17, 15) is 9.59 Å². The Hall–Kier alpha value is -1.58. The van der Waals surface area contributed by atoms with Crippen molar-refractivity contribution in [3.8, 4) is 0 Å². The Morgan fingerprint density at radius 3 is 2.54 bits per heavy atom. The van der Waals surface area contributed by atoms with E-state index in [1.165, 1.54) is 13.8 Å². The van der Waals surface area contributed by atoms with Crippen LogP contribution in [0.2, 0.25) is 0 Å². The van der Waals surface area contributed by atoms with Crippen LogP contribution in [0, 0.1) is 28.1 Å². The van der Waals surface area contributed by atoms with Gasteiger partial charge in [-0.15, -0.1) is 6.58 Å². The molecule has 0 heterocycles. The molecular formula is C24H36O4. The molecule has 2 saturated carbocycles. The van der Waals surface area contributed by atoms with E-state index in [1.807, 2.05) is 0 Å². The number of esters is 2. The summed E-state index contributed by atoms with van der Waals surface area (Å²) in [6.45, 7) is 14.3. The van der Waals surface area contributed by atoms with Gasteiger partial charge in [0.2, 0.25) is 0 Å². The van der Waals surface area contributed by atoms with Crippen LogP contribution in [-0.2, 0) is 19.1 Å². The fourth-order valence-electron chi connectivity index (χ4n) is 6.59. The molecule has 0 spiro atoms. The molecule has 0 radical (unpaired) electrons. The minimum absolute atomic E-state index is 0.0415. The lowest BCUT2D eigenvalue weighted by atomic mass is 9.45. The highest BCUT2D eigenvalue weighted by molar-refractivity contribution is 5.66. The smallest absolute Gasteiger partial charge is 0.302 e. The molecule has 0 N–H and O–H groups in total. The molecule has 0 aliphatic heterocycles. The van der Waals surface area contributed by atoms with E-state index < -0.39 is 0 Å². The Morgan fingerprint density at radius 2 is 1.93 bits per heavy atom. The minimum atomic E-state index is -0.246. The van der Waals surface area contributed by atoms with Gasteiger partial charge in [0.05, 0.1) is 6.61 Å². The largest absolute Gasteiger partial charge is 0.465 e. The van der Waals surface area contributed by atoms with Crippen LogP contribution in [0.15, 0.2) is 24.3 Å². The topological polar surface area (TPSA) is 52.6 Å². The average molecular weight is 389 g/mol. The van der Waals surface area contributed by atoms with E-state index in [2.05, 4.69) is 39.5 Å². The Labute approximate surface area is 169 Å². The monoisotopic (exact) mass is 388 g/mol. The lowest BCUT2D eigenvalue weighted by Gasteiger charge is -2.60. The molecule has 3 rings (SSSR count). The molecule has 2 fully saturated rings. The molecule has 0 bridgehead atoms. The maximum Gasteiger partial charge on any atom is 0.302 e. The average Bonchev–Trinajstić information content (AvgIpc) is 2.58. The summed E-state index contributed by atoms with van der Waals surface area (Å²) >= 11 is 0. The molecule has 28 heavy (non-hydrogen) atoms. The second-order valence-electron chi connectivity index (χ2n) is 10.3. The van der Waals surface area contributed by atoms with Crippen LogP contribution >= 0.6 is 0 Å². The van der Waals surface area contributed by atoms with Gasteiger partial charge in [-0.05, 0) is 61.2 Å². The highest BCUT2D eigenvalue weighted by Crippen LogP contribution is 2.64. The van der Waals surface area contributed by atoms with Crippen molar-refractivity contribution in [3.05, 3.63) is 24.3 Å². The SMILES string of the molecule is C=C[C@@]1(C)CC[C@H]2C(=CC[C@H]3[C@@](C)(COC(C)=O)C[C@H](OC(C)=O)C[C@@]23C)C1. The predicted octanol–water partition coefficient (Wildman–Crippen LogP) is 5.23. The number of carbonyl (C=O) groups is 2. The molecule has 3 aliphatic rings. The molecule has 6 atom stereocenters. The maximum atomic E-state index is 11.7. The van der Waals surface area contributed by atoms with Crippen molar-refractivity contribution in [1.29, 1.82) is 0 Å². The Bertz CT molecular complexity index is 695. The lowest BCUT2D eigenvalue weighted by molar-refractivity contribution is -0.175. The second-order valence-corrected chi connectivity index (χ2v) is 10.3. The molecule has 0 aromatic rings. The van der Waals surface area contributed by atoms with Crippen molar-refractivity contribution in [2.45, 2.75) is 79.2 Å². The third-order valence-corrected chi connectivity index (χ3v) is 7.90. The molecule has 0 amide bonds. The number of fused-ring (bicyclic) bond motifs is 3. The zero-order chi connectivity index (χ0) is 20.7. The van der Waals surface area contributed by atoms with Gasteiger partial charge >= 0.3 is 11.9 Å². The van der Waals surface area contributed by atoms with Crippen molar-refractivity contribution < 1.29 is 19.1 Å². The summed E-state index contributed by atoms with van der Waals surface area (Å²) in [4.78, 5) is 23.3. The van der Waals surface area contributed by atoms with Gasteiger partial charge in [0.25, 0.3) is 0 Å². The molecule has 156 valence electrons. The first kappa shape index (κ1) is 21.1. The van der Waals surface area contributed by atoms with Crippen LogP contribution in [0.25, 0.3) is 0 Å². The fraction of sp³-hybridized carbons (Fsp3) is 0.750. The van der Waals surface area contributed by atoms with Gasteiger partial charge < -0.3 is 9.47 Å². The maximum absolute atomic E-state index is 11.7. The van der Waals surface area contributed by atoms with Gasteiger partial charge in [-0.2, -0.15) is 0 Å². The third-order valence-electron chi connectivity index (χ3n) is 7.90. The minimum Gasteiger partial charge on any atom is -0.465 e. The third kappa shape index (κ3) is 3.79. The quantitative estimate of drug-likeness (QED) is 0.489. The van der Waals surface area contributed by atoms with Crippen LogP contribution in [0.5, 0.6) is 0 Å². The summed E-state index contributed by atoms with van der Waals surface area (Å²) in [6, 6.07) is 0. The zero-order valence-corrected chi connectivity index (χ0v) is 18.2. The Kier molecular flexibility index (Phi) is 5.55. The summed E-state index contributed by atoms with van der Waals surface area (Å²) in [5, 5.41) is 0. The number of rotatable bonds is 4. The first-order valence-corrected chi connectivity index (χ1v) is 10.6. The van der Waals surface area contributed by atoms with Gasteiger partial charge in [0.15, 0.2) is 0 Å². The number of allylic oxidation sites excluding steroid dienone is 3. The van der Waals surface area contributed by atoms with Gasteiger partial charge in [-0.1, -0.05) is 38.5 Å². The first-order valence-electron chi connectivity index (χ1n) is 10.6. The second kappa shape index (κ2) is 7.35.